The summed E-state index contributed by atoms with van der Waals surface area (Å²) in [7, 11) is 1.82. The molecule has 134 valence electrons. The van der Waals surface area contributed by atoms with Crippen molar-refractivity contribution in [2.75, 3.05) is 13.6 Å². The lowest BCUT2D eigenvalue weighted by Crippen LogP contribution is -2.30. The molecule has 0 aliphatic carbocycles. The minimum atomic E-state index is 0.0257. The van der Waals surface area contributed by atoms with Gasteiger partial charge in [-0.3, -0.25) is 9.69 Å². The highest BCUT2D eigenvalue weighted by atomic mass is 35.5. The van der Waals surface area contributed by atoms with Crippen LogP contribution in [-0.2, 0) is 13.1 Å². The molecule has 0 saturated carbocycles. The Balaban J connectivity index is 2.00. The van der Waals surface area contributed by atoms with Crippen LogP contribution in [0.5, 0.6) is 0 Å². The number of carbonyl (C=O) groups excluding carboxylic acids is 1. The number of nitrogens with zero attached hydrogens (tertiary/aromatic N) is 2. The van der Waals surface area contributed by atoms with E-state index in [1.807, 2.05) is 43.4 Å². The number of carbonyl (C=O) groups is 1. The minimum Gasteiger partial charge on any atom is -0.337 e. The number of hydrogen-bond acceptors (Lipinski definition) is 2. The molecule has 0 fully saturated rings. The van der Waals surface area contributed by atoms with Crippen molar-refractivity contribution in [3.05, 3.63) is 70.2 Å². The molecule has 0 atom stereocenters. The number of amides is 1. The molecular weight excluding hydrogens is 332 g/mol. The molecule has 0 aliphatic heterocycles. The van der Waals surface area contributed by atoms with E-state index in [-0.39, 0.29) is 5.91 Å². The zero-order chi connectivity index (χ0) is 18.4. The first-order chi connectivity index (χ1) is 11.9. The number of benzene rings is 2. The molecule has 2 rings (SSSR count). The monoisotopic (exact) mass is 358 g/mol. The highest BCUT2D eigenvalue weighted by Crippen LogP contribution is 2.14. The molecule has 0 radical (unpaired) electrons. The molecule has 2 aromatic rings. The summed E-state index contributed by atoms with van der Waals surface area (Å²) in [6, 6.07) is 16.0. The van der Waals surface area contributed by atoms with Crippen molar-refractivity contribution >= 4 is 17.5 Å². The fraction of sp³-hybridized carbons (Fsp3) is 0.381. The van der Waals surface area contributed by atoms with E-state index < -0.39 is 0 Å². The van der Waals surface area contributed by atoms with Gasteiger partial charge in [-0.25, -0.2) is 0 Å². The van der Waals surface area contributed by atoms with E-state index in [4.69, 9.17) is 11.6 Å². The van der Waals surface area contributed by atoms with E-state index in [0.717, 1.165) is 18.7 Å². The normalized spacial score (nSPS) is 11.2. The van der Waals surface area contributed by atoms with Gasteiger partial charge in [0, 0.05) is 36.8 Å². The van der Waals surface area contributed by atoms with Crippen molar-refractivity contribution in [3.8, 4) is 0 Å². The summed E-state index contributed by atoms with van der Waals surface area (Å²) in [5.74, 6) is 0.0257. The van der Waals surface area contributed by atoms with E-state index in [0.29, 0.717) is 23.2 Å². The first-order valence-electron chi connectivity index (χ1n) is 8.73. The molecule has 0 bridgehead atoms. The summed E-state index contributed by atoms with van der Waals surface area (Å²) < 4.78 is 0. The van der Waals surface area contributed by atoms with Crippen LogP contribution < -0.4 is 0 Å². The van der Waals surface area contributed by atoms with Gasteiger partial charge < -0.3 is 4.90 Å². The molecule has 0 unspecified atom stereocenters. The minimum absolute atomic E-state index is 0.0257. The maximum absolute atomic E-state index is 12.6. The highest BCUT2D eigenvalue weighted by molar-refractivity contribution is 6.30. The maximum Gasteiger partial charge on any atom is 0.253 e. The summed E-state index contributed by atoms with van der Waals surface area (Å²) in [4.78, 5) is 16.7. The second kappa shape index (κ2) is 9.02. The third kappa shape index (κ3) is 5.58. The zero-order valence-electron chi connectivity index (χ0n) is 15.5. The number of rotatable bonds is 7. The van der Waals surface area contributed by atoms with Crippen LogP contribution in [0.15, 0.2) is 48.5 Å². The lowest BCUT2D eigenvalue weighted by atomic mass is 10.1. The summed E-state index contributed by atoms with van der Waals surface area (Å²) in [6.07, 6.45) is 0. The quantitative estimate of drug-likeness (QED) is 0.706. The second-order valence-electron chi connectivity index (χ2n) is 6.64. The van der Waals surface area contributed by atoms with Crippen molar-refractivity contribution in [3.63, 3.8) is 0 Å². The number of halogens is 1. The summed E-state index contributed by atoms with van der Waals surface area (Å²) in [6.45, 7) is 9.06. The third-order valence-corrected chi connectivity index (χ3v) is 4.65. The zero-order valence-corrected chi connectivity index (χ0v) is 16.3. The average molecular weight is 359 g/mol. The molecule has 0 N–H and O–H groups in total. The van der Waals surface area contributed by atoms with Crippen LogP contribution in [0.1, 0.15) is 42.3 Å². The first kappa shape index (κ1) is 19.5. The van der Waals surface area contributed by atoms with E-state index in [1.54, 1.807) is 4.90 Å². The van der Waals surface area contributed by atoms with Gasteiger partial charge in [-0.2, -0.15) is 0 Å². The van der Waals surface area contributed by atoms with Crippen LogP contribution in [-0.4, -0.2) is 35.3 Å². The van der Waals surface area contributed by atoms with Crippen molar-refractivity contribution in [1.29, 1.82) is 0 Å². The Morgan fingerprint density at radius 1 is 0.960 bits per heavy atom. The Labute approximate surface area is 156 Å². The van der Waals surface area contributed by atoms with Gasteiger partial charge in [0.15, 0.2) is 0 Å². The lowest BCUT2D eigenvalue weighted by Gasteiger charge is -2.25. The van der Waals surface area contributed by atoms with Crippen molar-refractivity contribution < 1.29 is 4.79 Å². The first-order valence-corrected chi connectivity index (χ1v) is 9.11. The van der Waals surface area contributed by atoms with Gasteiger partial charge in [-0.1, -0.05) is 42.8 Å². The van der Waals surface area contributed by atoms with E-state index in [1.165, 1.54) is 5.56 Å². The summed E-state index contributed by atoms with van der Waals surface area (Å²) in [5.41, 5.74) is 3.01. The SMILES string of the molecule is CCN(Cc1ccc(C(=O)N(C)Cc2ccc(Cl)cc2)cc1)C(C)C. The van der Waals surface area contributed by atoms with E-state index >= 15 is 0 Å². The third-order valence-electron chi connectivity index (χ3n) is 4.40. The van der Waals surface area contributed by atoms with Gasteiger partial charge in [-0.15, -0.1) is 0 Å². The summed E-state index contributed by atoms with van der Waals surface area (Å²) >= 11 is 5.90. The van der Waals surface area contributed by atoms with Crippen LogP contribution in [0, 0.1) is 0 Å². The van der Waals surface area contributed by atoms with Gasteiger partial charge in [0.1, 0.15) is 0 Å². The average Bonchev–Trinajstić information content (AvgIpc) is 2.61. The van der Waals surface area contributed by atoms with Gasteiger partial charge >= 0.3 is 0 Å². The summed E-state index contributed by atoms with van der Waals surface area (Å²) in [5, 5.41) is 0.704. The van der Waals surface area contributed by atoms with Gasteiger partial charge in [-0.05, 0) is 55.8 Å². The topological polar surface area (TPSA) is 23.6 Å². The van der Waals surface area contributed by atoms with Crippen LogP contribution in [0.2, 0.25) is 5.02 Å². The molecule has 4 heteroatoms. The van der Waals surface area contributed by atoms with Gasteiger partial charge in [0.2, 0.25) is 0 Å². The predicted octanol–water partition coefficient (Wildman–Crippen LogP) is 4.84. The molecule has 0 aromatic heterocycles. The Bertz CT molecular complexity index is 680. The van der Waals surface area contributed by atoms with E-state index in [2.05, 4.69) is 37.8 Å². The van der Waals surface area contributed by atoms with Gasteiger partial charge in [0.25, 0.3) is 5.91 Å². The van der Waals surface area contributed by atoms with Crippen molar-refractivity contribution in [2.45, 2.75) is 39.9 Å². The van der Waals surface area contributed by atoms with Gasteiger partial charge in [0.05, 0.1) is 0 Å². The molecule has 1 amide bonds. The molecule has 0 aliphatic rings. The van der Waals surface area contributed by atoms with Crippen LogP contribution >= 0.6 is 11.6 Å². The molecular formula is C21H27ClN2O. The lowest BCUT2D eigenvalue weighted by molar-refractivity contribution is 0.0785. The fourth-order valence-corrected chi connectivity index (χ4v) is 2.93. The van der Waals surface area contributed by atoms with Crippen molar-refractivity contribution in [1.82, 2.24) is 9.80 Å². The van der Waals surface area contributed by atoms with Crippen LogP contribution in [0.25, 0.3) is 0 Å². The molecule has 0 saturated heterocycles. The molecule has 25 heavy (non-hydrogen) atoms. The second-order valence-corrected chi connectivity index (χ2v) is 7.08. The molecule has 3 nitrogen and oxygen atoms in total. The highest BCUT2D eigenvalue weighted by Gasteiger charge is 2.13. The predicted molar refractivity (Wildman–Crippen MR) is 105 cm³/mol. The standard InChI is InChI=1S/C21H27ClN2O/c1-5-24(16(2)3)15-18-6-10-19(11-7-18)21(25)23(4)14-17-8-12-20(22)13-9-17/h6-13,16H,5,14-15H2,1-4H3. The Kier molecular flexibility index (Phi) is 7.03. The fourth-order valence-electron chi connectivity index (χ4n) is 2.80. The smallest absolute Gasteiger partial charge is 0.253 e. The van der Waals surface area contributed by atoms with Crippen LogP contribution in [0.4, 0.5) is 0 Å². The largest absolute Gasteiger partial charge is 0.337 e. The Morgan fingerprint density at radius 2 is 1.48 bits per heavy atom. The Morgan fingerprint density at radius 3 is 2.00 bits per heavy atom. The molecule has 0 heterocycles. The van der Waals surface area contributed by atoms with Crippen LogP contribution in [0.3, 0.4) is 0 Å². The Hall–Kier alpha value is -1.84. The molecule has 2 aromatic carbocycles. The number of hydrogen-bond donors (Lipinski definition) is 0. The maximum atomic E-state index is 12.6. The van der Waals surface area contributed by atoms with Crippen molar-refractivity contribution in [2.24, 2.45) is 0 Å². The van der Waals surface area contributed by atoms with E-state index in [9.17, 15) is 4.79 Å². The molecule has 0 spiro atoms.